The van der Waals surface area contributed by atoms with Crippen molar-refractivity contribution in [2.75, 3.05) is 5.32 Å². The molecule has 56 heavy (non-hydrogen) atoms. The number of hydrogen-bond acceptors (Lipinski definition) is 6. The highest BCUT2D eigenvalue weighted by Gasteiger charge is 2.65. The molecule has 1 amide bonds. The average Bonchev–Trinajstić information content (AvgIpc) is 3.11. The van der Waals surface area contributed by atoms with Crippen molar-refractivity contribution < 1.29 is 53.1 Å². The molecule has 2 saturated carbocycles. The van der Waals surface area contributed by atoms with Crippen molar-refractivity contribution in [2.24, 2.45) is 0 Å². The van der Waals surface area contributed by atoms with E-state index in [1.54, 1.807) is 24.5 Å². The minimum Gasteiger partial charge on any atom is -0.481 e. The standard InChI is InChI=1S/C23H22F6N2O2S.C17H18FNO3/c24-16-1-6-21-20(13-16)19(9-12-30-21)15-7-10-23(33,11-8-15)14-22(32)31-17-2-4-18(5-3-17)34(25,26,27,28)29;18-12-1-2-15-14(9-12)13(5-8-19-15)11-3-6-17(22,7-4-11)10-16(20)21/h1-6,9,12-13,15,33H,7-8,10-11,14H2,(H,31,32);1-2,5,8-9,11,22H,3-4,6-7,10H2,(H,20,21). The Morgan fingerprint density at radius 3 is 1.50 bits per heavy atom. The number of pyridine rings is 2. The third-order valence-corrected chi connectivity index (χ3v) is 11.9. The van der Waals surface area contributed by atoms with Gasteiger partial charge in [0, 0.05) is 28.9 Å². The Kier molecular flexibility index (Phi) is 10.7. The van der Waals surface area contributed by atoms with E-state index in [4.69, 9.17) is 5.11 Å². The maximum absolute atomic E-state index is 13.7. The quantitative estimate of drug-likeness (QED) is 0.115. The molecule has 4 N–H and O–H groups in total. The number of carbonyl (C=O) groups is 2. The number of hydrogen-bond donors (Lipinski definition) is 4. The number of nitrogens with zero attached hydrogens (tertiary/aromatic N) is 2. The van der Waals surface area contributed by atoms with Gasteiger partial charge in [0.05, 0.1) is 35.1 Å². The van der Waals surface area contributed by atoms with Gasteiger partial charge in [-0.1, -0.05) is 19.4 Å². The summed E-state index contributed by atoms with van der Waals surface area (Å²) in [6.07, 6.45) is 6.78. The lowest BCUT2D eigenvalue weighted by molar-refractivity contribution is -0.144. The smallest absolute Gasteiger partial charge is 0.310 e. The molecular formula is C40H40F7N3O5S. The van der Waals surface area contributed by atoms with Crippen LogP contribution in [-0.2, 0) is 9.59 Å². The maximum Gasteiger partial charge on any atom is 0.310 e. The van der Waals surface area contributed by atoms with Crippen LogP contribution < -0.4 is 5.32 Å². The van der Waals surface area contributed by atoms with Crippen molar-refractivity contribution in [3.8, 4) is 0 Å². The Bertz CT molecular complexity index is 2260. The maximum atomic E-state index is 13.7. The van der Waals surface area contributed by atoms with Gasteiger partial charge in [0.2, 0.25) is 5.91 Å². The number of aromatic nitrogens is 2. The van der Waals surface area contributed by atoms with Crippen molar-refractivity contribution in [1.82, 2.24) is 9.97 Å². The van der Waals surface area contributed by atoms with Crippen molar-refractivity contribution in [2.45, 2.75) is 92.1 Å². The predicted octanol–water partition coefficient (Wildman–Crippen LogP) is 10.7. The van der Waals surface area contributed by atoms with Gasteiger partial charge in [0.15, 0.2) is 0 Å². The summed E-state index contributed by atoms with van der Waals surface area (Å²) in [5, 5.41) is 33.9. The van der Waals surface area contributed by atoms with E-state index in [1.165, 1.54) is 24.3 Å². The van der Waals surface area contributed by atoms with Crippen molar-refractivity contribution in [1.29, 1.82) is 0 Å². The summed E-state index contributed by atoms with van der Waals surface area (Å²) < 4.78 is 91.4. The van der Waals surface area contributed by atoms with Gasteiger partial charge in [0.25, 0.3) is 0 Å². The summed E-state index contributed by atoms with van der Waals surface area (Å²) in [4.78, 5) is 29.7. The van der Waals surface area contributed by atoms with Gasteiger partial charge in [-0.25, -0.2) is 8.78 Å². The third-order valence-electron chi connectivity index (χ3n) is 10.7. The molecule has 5 aromatic rings. The molecule has 16 heteroatoms. The highest BCUT2D eigenvalue weighted by Crippen LogP contribution is 3.02. The van der Waals surface area contributed by atoms with Gasteiger partial charge in [-0.2, -0.15) is 0 Å². The lowest BCUT2D eigenvalue weighted by atomic mass is 9.74. The summed E-state index contributed by atoms with van der Waals surface area (Å²) in [6, 6.07) is 14.6. The van der Waals surface area contributed by atoms with Crippen LogP contribution in [0.5, 0.6) is 0 Å². The number of benzene rings is 3. The Hall–Kier alpha value is -4.80. The lowest BCUT2D eigenvalue weighted by Gasteiger charge is -2.40. The summed E-state index contributed by atoms with van der Waals surface area (Å²) in [5.74, 6) is -2.05. The Balaban J connectivity index is 0.000000208. The van der Waals surface area contributed by atoms with Crippen LogP contribution in [0.25, 0.3) is 21.8 Å². The van der Waals surface area contributed by atoms with E-state index in [0.29, 0.717) is 49.4 Å². The summed E-state index contributed by atoms with van der Waals surface area (Å²) >= 11 is 0. The number of anilines is 1. The second-order valence-corrected chi connectivity index (χ2v) is 17.3. The number of rotatable bonds is 8. The molecule has 2 aliphatic carbocycles. The van der Waals surface area contributed by atoms with Crippen molar-refractivity contribution in [3.63, 3.8) is 0 Å². The van der Waals surface area contributed by atoms with Crippen LogP contribution in [0.3, 0.4) is 0 Å². The van der Waals surface area contributed by atoms with Gasteiger partial charge < -0.3 is 20.6 Å². The van der Waals surface area contributed by atoms with Crippen LogP contribution in [0.2, 0.25) is 0 Å². The molecule has 2 aromatic heterocycles. The molecule has 2 aliphatic rings. The normalized spacial score (nSPS) is 24.0. The number of aliphatic hydroxyl groups is 2. The third kappa shape index (κ3) is 9.95. The first-order valence-electron chi connectivity index (χ1n) is 18.0. The molecular weight excluding hydrogens is 768 g/mol. The summed E-state index contributed by atoms with van der Waals surface area (Å²) in [5.41, 5.74) is 0.843. The number of carboxylic acid groups (broad SMARTS) is 1. The molecule has 0 unspecified atom stereocenters. The minimum absolute atomic E-state index is 0.0372. The molecule has 300 valence electrons. The topological polar surface area (TPSA) is 133 Å². The van der Waals surface area contributed by atoms with Gasteiger partial charge in [-0.15, -0.1) is 0 Å². The van der Waals surface area contributed by atoms with Gasteiger partial charge in [-0.3, -0.25) is 19.6 Å². The molecule has 0 radical (unpaired) electrons. The molecule has 0 aliphatic heterocycles. The monoisotopic (exact) mass is 807 g/mol. The van der Waals surface area contributed by atoms with Gasteiger partial charge in [0.1, 0.15) is 16.5 Å². The highest BCUT2D eigenvalue weighted by molar-refractivity contribution is 8.45. The lowest BCUT2D eigenvalue weighted by Crippen LogP contribution is -2.37. The van der Waals surface area contributed by atoms with Crippen LogP contribution >= 0.6 is 10.2 Å². The average molecular weight is 808 g/mol. The van der Waals surface area contributed by atoms with Crippen LogP contribution in [-0.4, -0.2) is 48.4 Å². The second kappa shape index (κ2) is 14.6. The fourth-order valence-corrected chi connectivity index (χ4v) is 8.51. The molecule has 0 bridgehead atoms. The van der Waals surface area contributed by atoms with Crippen LogP contribution in [0, 0.1) is 11.6 Å². The molecule has 8 nitrogen and oxygen atoms in total. The van der Waals surface area contributed by atoms with Crippen molar-refractivity contribution >= 4 is 49.6 Å². The first-order chi connectivity index (χ1) is 26.1. The van der Waals surface area contributed by atoms with E-state index in [2.05, 4.69) is 15.3 Å². The number of amides is 1. The van der Waals surface area contributed by atoms with Crippen LogP contribution in [0.1, 0.15) is 87.2 Å². The zero-order valence-corrected chi connectivity index (χ0v) is 30.7. The second-order valence-electron chi connectivity index (χ2n) is 14.9. The van der Waals surface area contributed by atoms with Crippen LogP contribution in [0.4, 0.5) is 33.9 Å². The van der Waals surface area contributed by atoms with E-state index < -0.39 is 38.2 Å². The van der Waals surface area contributed by atoms with E-state index in [1.807, 2.05) is 12.1 Å². The largest absolute Gasteiger partial charge is 0.481 e. The minimum atomic E-state index is -9.79. The fourth-order valence-electron chi connectivity index (χ4n) is 7.86. The van der Waals surface area contributed by atoms with Gasteiger partial charge in [-0.05, 0) is 147 Å². The number of carboxylic acids is 1. The zero-order chi connectivity index (χ0) is 40.6. The number of carbonyl (C=O) groups excluding carboxylic acids is 1. The molecule has 7 rings (SSSR count). The number of halogens is 7. The SMILES string of the molecule is O=C(CC1(O)CCC(c2ccnc3ccc(F)cc23)CC1)Nc1ccc(S(F)(F)(F)(F)F)cc1.O=C(O)CC1(O)CCC(c2ccnc3ccc(F)cc23)CC1. The zero-order valence-electron chi connectivity index (χ0n) is 29.9. The summed E-state index contributed by atoms with van der Waals surface area (Å²) in [6.45, 7) is 0. The Morgan fingerprint density at radius 1 is 0.661 bits per heavy atom. The Morgan fingerprint density at radius 2 is 1.09 bits per heavy atom. The Labute approximate surface area is 317 Å². The molecule has 2 heterocycles. The van der Waals surface area contributed by atoms with E-state index in [-0.39, 0.29) is 67.0 Å². The predicted molar refractivity (Wildman–Crippen MR) is 199 cm³/mol. The van der Waals surface area contributed by atoms with E-state index >= 15 is 0 Å². The first kappa shape index (κ1) is 40.9. The first-order valence-corrected chi connectivity index (χ1v) is 19.9. The number of fused-ring (bicyclic) bond motifs is 2. The highest BCUT2D eigenvalue weighted by atomic mass is 32.5. The molecule has 0 atom stereocenters. The van der Waals surface area contributed by atoms with Gasteiger partial charge >= 0.3 is 16.2 Å². The number of aliphatic carboxylic acids is 1. The van der Waals surface area contributed by atoms with E-state index in [9.17, 15) is 48.0 Å². The summed E-state index contributed by atoms with van der Waals surface area (Å²) in [7, 11) is -9.79. The van der Waals surface area contributed by atoms with Crippen LogP contribution in [0.15, 0.2) is 90.1 Å². The molecule has 2 fully saturated rings. The van der Waals surface area contributed by atoms with E-state index in [0.717, 1.165) is 34.2 Å². The molecule has 3 aromatic carbocycles. The fraction of sp³-hybridized carbons (Fsp3) is 0.350. The number of nitrogens with one attached hydrogen (secondary N) is 1. The molecule has 0 spiro atoms. The molecule has 0 saturated heterocycles. The van der Waals surface area contributed by atoms with Crippen molar-refractivity contribution in [3.05, 3.63) is 108 Å².